The van der Waals surface area contributed by atoms with Crippen molar-refractivity contribution in [1.82, 2.24) is 5.32 Å². The number of aliphatic carboxylic acids is 1. The number of halogens is 2. The smallest absolute Gasteiger partial charge is 0.326 e. The Hall–Kier alpha value is -3.10. The van der Waals surface area contributed by atoms with Crippen LogP contribution in [0.5, 0.6) is 0 Å². The number of ketones is 1. The van der Waals surface area contributed by atoms with E-state index < -0.39 is 17.9 Å². The second-order valence-electron chi connectivity index (χ2n) is 8.70. The van der Waals surface area contributed by atoms with E-state index in [0.29, 0.717) is 12.0 Å². The van der Waals surface area contributed by atoms with Gasteiger partial charge in [0.1, 0.15) is 11.8 Å². The summed E-state index contributed by atoms with van der Waals surface area (Å²) in [7, 11) is 0. The maximum atomic E-state index is 12.8. The summed E-state index contributed by atoms with van der Waals surface area (Å²) in [4.78, 5) is 41.4. The summed E-state index contributed by atoms with van der Waals surface area (Å²) in [6, 6.07) is 10.5. The Kier molecular flexibility index (Phi) is 9.12. The summed E-state index contributed by atoms with van der Waals surface area (Å²) in [5, 5.41) is 12.4. The zero-order valence-corrected chi connectivity index (χ0v) is 20.6. The third-order valence-electron chi connectivity index (χ3n) is 6.07. The number of Topliss-reactive ketones (excluding diaryl/α,β-unsaturated/α-hetero) is 1. The van der Waals surface area contributed by atoms with E-state index in [4.69, 9.17) is 34.7 Å². The minimum Gasteiger partial charge on any atom is -0.480 e. The molecule has 186 valence electrons. The molecule has 0 aliphatic heterocycles. The average Bonchev–Trinajstić information content (AvgIpc) is 2.79. The van der Waals surface area contributed by atoms with Crippen molar-refractivity contribution in [1.29, 1.82) is 0 Å². The minimum atomic E-state index is -1.19. The van der Waals surface area contributed by atoms with Gasteiger partial charge in [-0.2, -0.15) is 0 Å². The monoisotopic (exact) mass is 518 g/mol. The van der Waals surface area contributed by atoms with Crippen molar-refractivity contribution in [3.05, 3.63) is 69.2 Å². The molecule has 0 heterocycles. The van der Waals surface area contributed by atoms with Crippen LogP contribution in [0.25, 0.3) is 0 Å². The minimum absolute atomic E-state index is 0.0195. The number of nitrogens with one attached hydrogen (secondary N) is 1. The molecule has 2 aromatic rings. The first kappa shape index (κ1) is 26.5. The molecule has 8 nitrogen and oxygen atoms in total. The van der Waals surface area contributed by atoms with Crippen LogP contribution in [0, 0.1) is 5.92 Å². The lowest BCUT2D eigenvalue weighted by atomic mass is 9.81. The number of hydrogen-bond acceptors (Lipinski definition) is 4. The van der Waals surface area contributed by atoms with Crippen LogP contribution >= 0.6 is 23.2 Å². The van der Waals surface area contributed by atoms with Crippen LogP contribution in [0.4, 0.5) is 0 Å². The second kappa shape index (κ2) is 12.0. The third-order valence-corrected chi connectivity index (χ3v) is 6.70. The molecule has 1 saturated carbocycles. The van der Waals surface area contributed by atoms with Gasteiger partial charge in [-0.25, -0.2) is 4.79 Å². The molecule has 0 radical (unpaired) electrons. The van der Waals surface area contributed by atoms with Gasteiger partial charge in [0.15, 0.2) is 5.96 Å². The Morgan fingerprint density at radius 1 is 1.03 bits per heavy atom. The lowest BCUT2D eigenvalue weighted by Gasteiger charge is -2.26. The van der Waals surface area contributed by atoms with E-state index in [1.807, 2.05) is 0 Å². The number of aliphatic imine (C=N–C) groups is 1. The number of amides is 1. The molecule has 0 spiro atoms. The van der Waals surface area contributed by atoms with E-state index in [2.05, 4.69) is 10.3 Å². The number of carbonyl (C=O) groups excluding carboxylic acids is 2. The Morgan fingerprint density at radius 2 is 1.66 bits per heavy atom. The van der Waals surface area contributed by atoms with Gasteiger partial charge in [-0.15, -0.1) is 0 Å². The summed E-state index contributed by atoms with van der Waals surface area (Å²) < 4.78 is 0. The third kappa shape index (κ3) is 7.44. The van der Waals surface area contributed by atoms with Crippen molar-refractivity contribution in [2.45, 2.75) is 50.6 Å². The van der Waals surface area contributed by atoms with E-state index in [-0.39, 0.29) is 52.2 Å². The summed E-state index contributed by atoms with van der Waals surface area (Å²) in [6.07, 6.45) is 3.58. The number of carbonyl (C=O) groups is 3. The quantitative estimate of drug-likeness (QED) is 0.295. The Morgan fingerprint density at radius 3 is 2.26 bits per heavy atom. The van der Waals surface area contributed by atoms with Crippen molar-refractivity contribution < 1.29 is 19.5 Å². The zero-order chi connectivity index (χ0) is 25.5. The fourth-order valence-corrected chi connectivity index (χ4v) is 4.87. The Labute approximate surface area is 213 Å². The molecule has 0 saturated heterocycles. The maximum absolute atomic E-state index is 12.8. The molecule has 0 aromatic heterocycles. The molecule has 6 N–H and O–H groups in total. The summed E-state index contributed by atoms with van der Waals surface area (Å²) in [5.74, 6) is -1.75. The zero-order valence-electron chi connectivity index (χ0n) is 19.0. The van der Waals surface area contributed by atoms with Crippen LogP contribution in [-0.2, 0) is 22.4 Å². The van der Waals surface area contributed by atoms with Crippen molar-refractivity contribution >= 4 is 46.8 Å². The molecule has 1 aliphatic carbocycles. The highest BCUT2D eigenvalue weighted by Gasteiger charge is 2.27. The molecular formula is C25H28Cl2N4O4. The van der Waals surface area contributed by atoms with Gasteiger partial charge in [-0.05, 0) is 42.5 Å². The number of hydrogen-bond donors (Lipinski definition) is 4. The van der Waals surface area contributed by atoms with Gasteiger partial charge in [0.05, 0.1) is 21.7 Å². The molecular weight excluding hydrogens is 491 g/mol. The largest absolute Gasteiger partial charge is 0.480 e. The van der Waals surface area contributed by atoms with Gasteiger partial charge >= 0.3 is 5.97 Å². The van der Waals surface area contributed by atoms with Crippen LogP contribution in [0.15, 0.2) is 47.5 Å². The molecule has 10 heteroatoms. The van der Waals surface area contributed by atoms with Crippen LogP contribution in [0.3, 0.4) is 0 Å². The number of benzene rings is 2. The van der Waals surface area contributed by atoms with Crippen LogP contribution in [0.2, 0.25) is 10.0 Å². The predicted molar refractivity (Wildman–Crippen MR) is 136 cm³/mol. The number of carboxylic acid groups (broad SMARTS) is 1. The number of nitrogens with zero attached hydrogens (tertiary/aromatic N) is 1. The molecule has 1 fully saturated rings. The van der Waals surface area contributed by atoms with E-state index >= 15 is 0 Å². The molecule has 0 bridgehead atoms. The normalized spacial score (nSPS) is 18.3. The van der Waals surface area contributed by atoms with Crippen molar-refractivity contribution in [3.63, 3.8) is 0 Å². The summed E-state index contributed by atoms with van der Waals surface area (Å²) in [5.41, 5.74) is 12.5. The van der Waals surface area contributed by atoms with Gasteiger partial charge in [0.2, 0.25) is 0 Å². The molecule has 2 aromatic carbocycles. The molecule has 3 rings (SSSR count). The van der Waals surface area contributed by atoms with Gasteiger partial charge in [0.25, 0.3) is 5.91 Å². The first-order valence-electron chi connectivity index (χ1n) is 11.3. The lowest BCUT2D eigenvalue weighted by molar-refractivity contribution is -0.139. The average molecular weight is 519 g/mol. The lowest BCUT2D eigenvalue weighted by Crippen LogP contribution is -2.42. The molecule has 1 amide bonds. The van der Waals surface area contributed by atoms with Gasteiger partial charge in [-0.1, -0.05) is 60.0 Å². The Bertz CT molecular complexity index is 1100. The fraction of sp³-hybridized carbons (Fsp3) is 0.360. The van der Waals surface area contributed by atoms with Crippen molar-refractivity contribution in [3.8, 4) is 0 Å². The number of nitrogens with two attached hydrogens (primary N) is 2. The second-order valence-corrected chi connectivity index (χ2v) is 9.51. The number of carboxylic acids is 1. The van der Waals surface area contributed by atoms with Crippen LogP contribution in [0.1, 0.15) is 47.2 Å². The summed E-state index contributed by atoms with van der Waals surface area (Å²) >= 11 is 12.1. The highest BCUT2D eigenvalue weighted by atomic mass is 35.5. The topological polar surface area (TPSA) is 148 Å². The van der Waals surface area contributed by atoms with Gasteiger partial charge < -0.3 is 21.9 Å². The van der Waals surface area contributed by atoms with Crippen LogP contribution < -0.4 is 16.8 Å². The standard InChI is InChI=1S/C25H28Cl2N4O4/c26-18-5-2-6-19(27)22(18)23(33)31-20(24(34)35)11-14-7-9-15(10-8-14)12-21(32)16-3-1-4-17(13-16)30-25(28)29/h2,5-10,16-17,20H,1,3-4,11-13H2,(H,31,33)(H,34,35)(H4,28,29,30)/t16-,17-,20-/m0/s1. The van der Waals surface area contributed by atoms with E-state index in [1.54, 1.807) is 30.3 Å². The number of rotatable bonds is 9. The van der Waals surface area contributed by atoms with Crippen LogP contribution in [-0.4, -0.2) is 40.8 Å². The van der Waals surface area contributed by atoms with E-state index in [9.17, 15) is 19.5 Å². The van der Waals surface area contributed by atoms with E-state index in [0.717, 1.165) is 24.8 Å². The molecule has 1 aliphatic rings. The predicted octanol–water partition coefficient (Wildman–Crippen LogP) is 3.36. The molecule has 0 unspecified atom stereocenters. The molecule has 3 atom stereocenters. The maximum Gasteiger partial charge on any atom is 0.326 e. The number of guanidine groups is 1. The fourth-order valence-electron chi connectivity index (χ4n) is 4.30. The highest BCUT2D eigenvalue weighted by Crippen LogP contribution is 2.28. The first-order chi connectivity index (χ1) is 16.6. The first-order valence-corrected chi connectivity index (χ1v) is 12.1. The van der Waals surface area contributed by atoms with Crippen molar-refractivity contribution in [2.24, 2.45) is 22.4 Å². The van der Waals surface area contributed by atoms with Crippen molar-refractivity contribution in [2.75, 3.05) is 0 Å². The Balaban J connectivity index is 1.61. The van der Waals surface area contributed by atoms with Gasteiger partial charge in [0, 0.05) is 18.8 Å². The highest BCUT2D eigenvalue weighted by molar-refractivity contribution is 6.39. The van der Waals surface area contributed by atoms with E-state index in [1.165, 1.54) is 12.1 Å². The SMILES string of the molecule is NC(N)=N[C@H]1CCC[C@H](C(=O)Cc2ccc(C[C@H](NC(=O)c3c(Cl)cccc3Cl)C(=O)O)cc2)C1. The van der Waals surface area contributed by atoms with Gasteiger partial charge in [-0.3, -0.25) is 14.6 Å². The molecule has 35 heavy (non-hydrogen) atoms. The summed E-state index contributed by atoms with van der Waals surface area (Å²) in [6.45, 7) is 0.